The Morgan fingerprint density at radius 1 is 0.559 bits per heavy atom. The molecule has 0 bridgehead atoms. The van der Waals surface area contributed by atoms with Crippen LogP contribution in [0.1, 0.15) is 52.7 Å². The maximum absolute atomic E-state index is 2.43. The highest BCUT2D eigenvalue weighted by atomic mass is 32.1. The second-order valence-corrected chi connectivity index (χ2v) is 13.6. The third kappa shape index (κ3) is 3.31. The summed E-state index contributed by atoms with van der Waals surface area (Å²) in [7, 11) is 0. The Balaban J connectivity index is 1.64. The zero-order valence-corrected chi connectivity index (χ0v) is 22.4. The summed E-state index contributed by atoms with van der Waals surface area (Å²) in [5.74, 6) is 0. The SMILES string of the molecule is CC(C)(C)c1c(-c2ccc3c(c2)sc2cccc(C(C)(C)C)c23)ccc2c1sc1ccccc12. The van der Waals surface area contributed by atoms with Crippen LogP contribution in [0.3, 0.4) is 0 Å². The van der Waals surface area contributed by atoms with Gasteiger partial charge in [-0.15, -0.1) is 22.7 Å². The number of hydrogen-bond donors (Lipinski definition) is 0. The smallest absolute Gasteiger partial charge is 0.0398 e. The van der Waals surface area contributed by atoms with Gasteiger partial charge in [0, 0.05) is 40.3 Å². The monoisotopic (exact) mass is 478 g/mol. The molecule has 4 aromatic carbocycles. The molecule has 0 saturated heterocycles. The molecule has 0 aliphatic carbocycles. The van der Waals surface area contributed by atoms with Gasteiger partial charge in [-0.2, -0.15) is 0 Å². The van der Waals surface area contributed by atoms with E-state index in [-0.39, 0.29) is 10.8 Å². The van der Waals surface area contributed by atoms with Crippen molar-refractivity contribution < 1.29 is 0 Å². The molecule has 2 heteroatoms. The lowest BCUT2D eigenvalue weighted by atomic mass is 9.80. The minimum Gasteiger partial charge on any atom is -0.135 e. The van der Waals surface area contributed by atoms with Crippen LogP contribution in [0, 0.1) is 0 Å². The van der Waals surface area contributed by atoms with Crippen molar-refractivity contribution in [2.75, 3.05) is 0 Å². The third-order valence-electron chi connectivity index (χ3n) is 6.91. The van der Waals surface area contributed by atoms with E-state index in [9.17, 15) is 0 Å². The maximum atomic E-state index is 2.43. The van der Waals surface area contributed by atoms with Crippen LogP contribution in [0.25, 0.3) is 51.5 Å². The minimum absolute atomic E-state index is 0.0459. The molecule has 34 heavy (non-hydrogen) atoms. The second kappa shape index (κ2) is 7.41. The van der Waals surface area contributed by atoms with Crippen LogP contribution < -0.4 is 0 Å². The van der Waals surface area contributed by atoms with Crippen molar-refractivity contribution in [2.45, 2.75) is 52.4 Å². The fraction of sp³-hybridized carbons (Fsp3) is 0.250. The quantitative estimate of drug-likeness (QED) is 0.220. The van der Waals surface area contributed by atoms with E-state index in [1.807, 2.05) is 22.7 Å². The molecular weight excluding hydrogens is 448 g/mol. The molecule has 0 N–H and O–H groups in total. The molecule has 0 atom stereocenters. The minimum atomic E-state index is 0.0459. The summed E-state index contributed by atoms with van der Waals surface area (Å²) < 4.78 is 5.56. The van der Waals surface area contributed by atoms with E-state index in [2.05, 4.69) is 114 Å². The molecule has 0 aliphatic rings. The number of rotatable bonds is 1. The van der Waals surface area contributed by atoms with Gasteiger partial charge in [0.2, 0.25) is 0 Å². The first-order chi connectivity index (χ1) is 16.1. The Hall–Kier alpha value is -2.68. The zero-order valence-electron chi connectivity index (χ0n) is 20.7. The van der Waals surface area contributed by atoms with Gasteiger partial charge in [-0.25, -0.2) is 0 Å². The average molecular weight is 479 g/mol. The van der Waals surface area contributed by atoms with Crippen molar-refractivity contribution in [1.82, 2.24) is 0 Å². The van der Waals surface area contributed by atoms with Gasteiger partial charge >= 0.3 is 0 Å². The molecular formula is C32H30S2. The molecule has 6 rings (SSSR count). The lowest BCUT2D eigenvalue weighted by molar-refractivity contribution is 0.596. The zero-order chi connectivity index (χ0) is 23.8. The van der Waals surface area contributed by atoms with Crippen LogP contribution in [0.15, 0.2) is 72.8 Å². The fourth-order valence-electron chi connectivity index (χ4n) is 5.39. The summed E-state index contributed by atoms with van der Waals surface area (Å²) in [6.07, 6.45) is 0. The van der Waals surface area contributed by atoms with Gasteiger partial charge in [0.1, 0.15) is 0 Å². The molecule has 170 valence electrons. The van der Waals surface area contributed by atoms with E-state index < -0.39 is 0 Å². The van der Waals surface area contributed by atoms with Crippen molar-refractivity contribution in [2.24, 2.45) is 0 Å². The van der Waals surface area contributed by atoms with Gasteiger partial charge in [-0.3, -0.25) is 0 Å². The van der Waals surface area contributed by atoms with E-state index in [4.69, 9.17) is 0 Å². The normalized spacial score (nSPS) is 13.0. The van der Waals surface area contributed by atoms with Gasteiger partial charge in [0.15, 0.2) is 0 Å². The van der Waals surface area contributed by atoms with Crippen LogP contribution in [-0.2, 0) is 10.8 Å². The number of fused-ring (bicyclic) bond motifs is 6. The molecule has 0 aliphatic heterocycles. The summed E-state index contributed by atoms with van der Waals surface area (Å²) >= 11 is 3.86. The summed E-state index contributed by atoms with van der Waals surface area (Å²) in [6, 6.07) is 27.4. The van der Waals surface area contributed by atoms with E-state index >= 15 is 0 Å². The molecule has 0 unspecified atom stereocenters. The first-order valence-electron chi connectivity index (χ1n) is 12.0. The standard InChI is InChI=1S/C32H30S2/c1-31(2,3)24-11-9-13-26-28(24)23-15-14-19(18-27(23)33-26)20-16-17-22-21-10-7-8-12-25(21)34-30(22)29(20)32(4,5)6/h7-18H,1-6H3. The largest absolute Gasteiger partial charge is 0.135 e. The first kappa shape index (κ1) is 21.8. The summed E-state index contributed by atoms with van der Waals surface area (Å²) in [4.78, 5) is 0. The Morgan fingerprint density at radius 2 is 1.29 bits per heavy atom. The molecule has 2 aromatic heterocycles. The molecule has 0 radical (unpaired) electrons. The maximum Gasteiger partial charge on any atom is 0.0398 e. The van der Waals surface area contributed by atoms with Crippen LogP contribution in [0.4, 0.5) is 0 Å². The van der Waals surface area contributed by atoms with Crippen LogP contribution in [-0.4, -0.2) is 0 Å². The van der Waals surface area contributed by atoms with Crippen molar-refractivity contribution in [1.29, 1.82) is 0 Å². The van der Waals surface area contributed by atoms with Gasteiger partial charge < -0.3 is 0 Å². The molecule has 0 amide bonds. The Bertz CT molecular complexity index is 1710. The number of benzene rings is 4. The molecule has 2 heterocycles. The highest BCUT2D eigenvalue weighted by molar-refractivity contribution is 7.26. The van der Waals surface area contributed by atoms with E-state index in [0.717, 1.165) is 0 Å². The van der Waals surface area contributed by atoms with Gasteiger partial charge in [0.05, 0.1) is 0 Å². The van der Waals surface area contributed by atoms with Crippen molar-refractivity contribution in [3.05, 3.63) is 83.9 Å². The van der Waals surface area contributed by atoms with Crippen molar-refractivity contribution >= 4 is 63.0 Å². The predicted octanol–water partition coefficient (Wildman–Crippen LogP) is 10.7. The summed E-state index contributed by atoms with van der Waals surface area (Å²) in [5.41, 5.74) is 5.75. The van der Waals surface area contributed by atoms with Gasteiger partial charge in [0.25, 0.3) is 0 Å². The predicted molar refractivity (Wildman–Crippen MR) is 155 cm³/mol. The van der Waals surface area contributed by atoms with Crippen LogP contribution in [0.5, 0.6) is 0 Å². The number of hydrogen-bond acceptors (Lipinski definition) is 2. The topological polar surface area (TPSA) is 0 Å². The molecule has 0 saturated carbocycles. The highest BCUT2D eigenvalue weighted by Gasteiger charge is 2.25. The van der Waals surface area contributed by atoms with Gasteiger partial charge in [-0.1, -0.05) is 96.1 Å². The Kier molecular flexibility index (Phi) is 4.76. The van der Waals surface area contributed by atoms with Gasteiger partial charge in [-0.05, 0) is 51.3 Å². The summed E-state index contributed by atoms with van der Waals surface area (Å²) in [6.45, 7) is 14.0. The molecule has 0 nitrogen and oxygen atoms in total. The lowest BCUT2D eigenvalue weighted by Gasteiger charge is -2.24. The molecule has 6 aromatic rings. The van der Waals surface area contributed by atoms with Crippen LogP contribution >= 0.6 is 22.7 Å². The Morgan fingerprint density at radius 3 is 2.06 bits per heavy atom. The van der Waals surface area contributed by atoms with E-state index in [0.29, 0.717) is 0 Å². The molecule has 0 fully saturated rings. The summed E-state index contributed by atoms with van der Waals surface area (Å²) in [5, 5.41) is 5.56. The average Bonchev–Trinajstić information content (AvgIpc) is 3.34. The third-order valence-corrected chi connectivity index (χ3v) is 9.23. The van der Waals surface area contributed by atoms with Crippen molar-refractivity contribution in [3.63, 3.8) is 0 Å². The lowest BCUT2D eigenvalue weighted by Crippen LogP contribution is -2.13. The first-order valence-corrected chi connectivity index (χ1v) is 13.7. The van der Waals surface area contributed by atoms with E-state index in [1.54, 1.807) is 0 Å². The fourth-order valence-corrected chi connectivity index (χ4v) is 8.02. The number of thiophene rings is 2. The van der Waals surface area contributed by atoms with E-state index in [1.165, 1.54) is 62.6 Å². The Labute approximate surface area is 209 Å². The second-order valence-electron chi connectivity index (χ2n) is 11.5. The van der Waals surface area contributed by atoms with Crippen LogP contribution in [0.2, 0.25) is 0 Å². The molecule has 0 spiro atoms. The van der Waals surface area contributed by atoms with Crippen molar-refractivity contribution in [3.8, 4) is 11.1 Å². The highest BCUT2D eigenvalue weighted by Crippen LogP contribution is 2.46.